The number of nitro groups is 1. The molecule has 0 aliphatic carbocycles. The summed E-state index contributed by atoms with van der Waals surface area (Å²) in [6.07, 6.45) is 0.635. The van der Waals surface area contributed by atoms with Crippen LogP contribution in [0.25, 0.3) is 0 Å². The fourth-order valence-corrected chi connectivity index (χ4v) is 4.19. The van der Waals surface area contributed by atoms with Gasteiger partial charge < -0.3 is 5.11 Å². The van der Waals surface area contributed by atoms with Crippen molar-refractivity contribution in [1.29, 1.82) is 0 Å². The molecule has 1 atom stereocenters. The molecule has 0 bridgehead atoms. The van der Waals surface area contributed by atoms with E-state index in [9.17, 15) is 23.6 Å². The molecule has 116 valence electrons. The number of hydrogen-bond donors (Lipinski definition) is 1. The van der Waals surface area contributed by atoms with Crippen LogP contribution in [0.2, 0.25) is 0 Å². The lowest BCUT2D eigenvalue weighted by Crippen LogP contribution is -2.40. The summed E-state index contributed by atoms with van der Waals surface area (Å²) in [5.41, 5.74) is -0.407. The zero-order valence-electron chi connectivity index (χ0n) is 11.7. The molecule has 0 aromatic heterocycles. The molecule has 1 unspecified atom stereocenters. The third kappa shape index (κ3) is 3.22. The molecule has 2 rings (SSSR count). The number of rotatable bonds is 4. The van der Waals surface area contributed by atoms with E-state index in [2.05, 4.69) is 0 Å². The zero-order chi connectivity index (χ0) is 15.6. The molecule has 7 nitrogen and oxygen atoms in total. The summed E-state index contributed by atoms with van der Waals surface area (Å²) in [6.45, 7) is 2.23. The molecule has 1 aliphatic rings. The maximum absolute atomic E-state index is 12.5. The van der Waals surface area contributed by atoms with Gasteiger partial charge in [-0.15, -0.1) is 0 Å². The SMILES string of the molecule is CC(O)C1CCN(S(=O)(=O)c2ccccc2[N+](=O)[O-])CC1. The van der Waals surface area contributed by atoms with Gasteiger partial charge in [-0.2, -0.15) is 4.31 Å². The molecular weight excluding hydrogens is 296 g/mol. The van der Waals surface area contributed by atoms with Crippen molar-refractivity contribution < 1.29 is 18.4 Å². The van der Waals surface area contributed by atoms with Crippen LogP contribution >= 0.6 is 0 Å². The maximum atomic E-state index is 12.5. The standard InChI is InChI=1S/C13H18N2O5S/c1-10(16)11-6-8-14(9-7-11)21(19,20)13-5-3-2-4-12(13)15(17)18/h2-5,10-11,16H,6-9H2,1H3. The largest absolute Gasteiger partial charge is 0.393 e. The molecule has 1 aliphatic heterocycles. The number of aliphatic hydroxyl groups is 1. The van der Waals surface area contributed by atoms with Crippen molar-refractivity contribution in [1.82, 2.24) is 4.31 Å². The van der Waals surface area contributed by atoms with E-state index in [-0.39, 0.29) is 23.9 Å². The van der Waals surface area contributed by atoms with Gasteiger partial charge in [0.1, 0.15) is 0 Å². The van der Waals surface area contributed by atoms with Gasteiger partial charge in [0.2, 0.25) is 10.0 Å². The van der Waals surface area contributed by atoms with Gasteiger partial charge in [0.15, 0.2) is 4.90 Å². The van der Waals surface area contributed by atoms with Crippen molar-refractivity contribution in [2.24, 2.45) is 5.92 Å². The average Bonchev–Trinajstić information content (AvgIpc) is 2.47. The molecule has 21 heavy (non-hydrogen) atoms. The molecule has 1 fully saturated rings. The third-order valence-electron chi connectivity index (χ3n) is 3.86. The minimum absolute atomic E-state index is 0.0715. The normalized spacial score (nSPS) is 19.3. The minimum Gasteiger partial charge on any atom is -0.393 e. The molecule has 0 spiro atoms. The second-order valence-corrected chi connectivity index (χ2v) is 7.11. The van der Waals surface area contributed by atoms with Crippen molar-refractivity contribution in [2.75, 3.05) is 13.1 Å². The molecular formula is C13H18N2O5S. The average molecular weight is 314 g/mol. The number of aliphatic hydroxyl groups excluding tert-OH is 1. The second-order valence-electron chi connectivity index (χ2n) is 5.21. The lowest BCUT2D eigenvalue weighted by molar-refractivity contribution is -0.387. The fourth-order valence-electron chi connectivity index (χ4n) is 2.56. The van der Waals surface area contributed by atoms with Gasteiger partial charge >= 0.3 is 0 Å². The Morgan fingerprint density at radius 1 is 1.33 bits per heavy atom. The fraction of sp³-hybridized carbons (Fsp3) is 0.538. The van der Waals surface area contributed by atoms with Gasteiger partial charge in [-0.05, 0) is 31.7 Å². The lowest BCUT2D eigenvalue weighted by atomic mass is 9.93. The Hall–Kier alpha value is -1.51. The Kier molecular flexibility index (Phi) is 4.60. The summed E-state index contributed by atoms with van der Waals surface area (Å²) in [6, 6.07) is 5.36. The number of para-hydroxylation sites is 1. The van der Waals surface area contributed by atoms with Crippen LogP contribution in [-0.4, -0.2) is 41.9 Å². The van der Waals surface area contributed by atoms with Crippen molar-refractivity contribution >= 4 is 15.7 Å². The van der Waals surface area contributed by atoms with Crippen LogP contribution in [0.3, 0.4) is 0 Å². The molecule has 1 aromatic carbocycles. The second kappa shape index (κ2) is 6.08. The number of sulfonamides is 1. The topological polar surface area (TPSA) is 101 Å². The molecule has 1 N–H and O–H groups in total. The highest BCUT2D eigenvalue weighted by Crippen LogP contribution is 2.30. The summed E-state index contributed by atoms with van der Waals surface area (Å²) in [7, 11) is -3.88. The third-order valence-corrected chi connectivity index (χ3v) is 5.81. The predicted octanol–water partition coefficient (Wildman–Crippen LogP) is 1.38. The first-order chi connectivity index (χ1) is 9.84. The van der Waals surface area contributed by atoms with Crippen LogP contribution in [0.1, 0.15) is 19.8 Å². The Morgan fingerprint density at radius 2 is 1.90 bits per heavy atom. The Bertz CT molecular complexity index is 621. The van der Waals surface area contributed by atoms with Gasteiger partial charge in [-0.25, -0.2) is 8.42 Å². The van der Waals surface area contributed by atoms with E-state index in [1.165, 1.54) is 28.6 Å². The minimum atomic E-state index is -3.88. The summed E-state index contributed by atoms with van der Waals surface area (Å²) < 4.78 is 26.4. The maximum Gasteiger partial charge on any atom is 0.289 e. The first-order valence-corrected chi connectivity index (χ1v) is 8.19. The number of nitro benzene ring substituents is 1. The number of benzene rings is 1. The first-order valence-electron chi connectivity index (χ1n) is 6.75. The molecule has 0 amide bonds. The molecule has 1 heterocycles. The van der Waals surface area contributed by atoms with Crippen LogP contribution in [0.15, 0.2) is 29.2 Å². The van der Waals surface area contributed by atoms with Gasteiger partial charge in [-0.3, -0.25) is 10.1 Å². The van der Waals surface area contributed by atoms with Crippen LogP contribution in [0, 0.1) is 16.0 Å². The summed E-state index contributed by atoms with van der Waals surface area (Å²) in [5, 5.41) is 20.5. The summed E-state index contributed by atoms with van der Waals surface area (Å²) in [4.78, 5) is 10.0. The van der Waals surface area contributed by atoms with Gasteiger partial charge in [0.05, 0.1) is 11.0 Å². The zero-order valence-corrected chi connectivity index (χ0v) is 12.5. The van der Waals surface area contributed by atoms with E-state index < -0.39 is 26.7 Å². The van der Waals surface area contributed by atoms with Crippen molar-refractivity contribution in [3.05, 3.63) is 34.4 Å². The Morgan fingerprint density at radius 3 is 2.43 bits per heavy atom. The Labute approximate surface area is 123 Å². The van der Waals surface area contributed by atoms with Crippen LogP contribution in [0.4, 0.5) is 5.69 Å². The van der Waals surface area contributed by atoms with Crippen molar-refractivity contribution in [3.8, 4) is 0 Å². The quantitative estimate of drug-likeness (QED) is 0.668. The van der Waals surface area contributed by atoms with E-state index in [1.807, 2.05) is 0 Å². The Balaban J connectivity index is 2.26. The number of hydrogen-bond acceptors (Lipinski definition) is 5. The predicted molar refractivity (Wildman–Crippen MR) is 76.3 cm³/mol. The van der Waals surface area contributed by atoms with Gasteiger partial charge in [-0.1, -0.05) is 12.1 Å². The summed E-state index contributed by atoms with van der Waals surface area (Å²) in [5.74, 6) is 0.0715. The van der Waals surface area contributed by atoms with E-state index in [1.54, 1.807) is 6.92 Å². The van der Waals surface area contributed by atoms with E-state index in [4.69, 9.17) is 0 Å². The van der Waals surface area contributed by atoms with E-state index >= 15 is 0 Å². The van der Waals surface area contributed by atoms with E-state index in [0.717, 1.165) is 0 Å². The molecule has 8 heteroatoms. The van der Waals surface area contributed by atoms with E-state index in [0.29, 0.717) is 12.8 Å². The van der Waals surface area contributed by atoms with Crippen molar-refractivity contribution in [3.63, 3.8) is 0 Å². The smallest absolute Gasteiger partial charge is 0.289 e. The van der Waals surface area contributed by atoms with Crippen molar-refractivity contribution in [2.45, 2.75) is 30.8 Å². The summed E-state index contributed by atoms with van der Waals surface area (Å²) >= 11 is 0. The highest BCUT2D eigenvalue weighted by Gasteiger charge is 2.34. The highest BCUT2D eigenvalue weighted by atomic mass is 32.2. The van der Waals surface area contributed by atoms with Crippen LogP contribution < -0.4 is 0 Å². The van der Waals surface area contributed by atoms with Crippen LogP contribution in [0.5, 0.6) is 0 Å². The van der Waals surface area contributed by atoms with Gasteiger partial charge in [0, 0.05) is 19.2 Å². The number of nitrogens with zero attached hydrogens (tertiary/aromatic N) is 2. The highest BCUT2D eigenvalue weighted by molar-refractivity contribution is 7.89. The van der Waals surface area contributed by atoms with Gasteiger partial charge in [0.25, 0.3) is 5.69 Å². The number of piperidine rings is 1. The van der Waals surface area contributed by atoms with Crippen LogP contribution in [-0.2, 0) is 10.0 Å². The molecule has 1 saturated heterocycles. The molecule has 0 saturated carbocycles. The monoisotopic (exact) mass is 314 g/mol. The molecule has 0 radical (unpaired) electrons. The first kappa shape index (κ1) is 15.9. The molecule has 1 aromatic rings. The lowest BCUT2D eigenvalue weighted by Gasteiger charge is -2.32.